The number of primary amides is 1. The summed E-state index contributed by atoms with van der Waals surface area (Å²) in [5, 5.41) is 5.84. The Bertz CT molecular complexity index is 881. The summed E-state index contributed by atoms with van der Waals surface area (Å²) in [6.45, 7) is 1.07. The fourth-order valence-corrected chi connectivity index (χ4v) is 3.44. The van der Waals surface area contributed by atoms with E-state index in [1.807, 2.05) is 12.2 Å². The number of nitrogens with zero attached hydrogens (tertiary/aromatic N) is 2. The van der Waals surface area contributed by atoms with Crippen molar-refractivity contribution in [1.29, 1.82) is 0 Å². The number of fused-ring (bicyclic) bond motifs is 1. The first-order valence-corrected chi connectivity index (χ1v) is 8.81. The van der Waals surface area contributed by atoms with Crippen LogP contribution in [0, 0.1) is 5.92 Å². The van der Waals surface area contributed by atoms with Crippen LogP contribution in [0.5, 0.6) is 0 Å². The molecule has 0 aromatic carbocycles. The lowest BCUT2D eigenvalue weighted by atomic mass is 10.00. The number of aromatic nitrogens is 2. The number of amides is 3. The van der Waals surface area contributed by atoms with Gasteiger partial charge in [-0.3, -0.25) is 4.79 Å². The van der Waals surface area contributed by atoms with Gasteiger partial charge in [-0.05, 0) is 18.4 Å². The third-order valence-corrected chi connectivity index (χ3v) is 4.87. The number of halogens is 3. The first kappa shape index (κ1) is 19.8. The topological polar surface area (TPSA) is 116 Å². The van der Waals surface area contributed by atoms with Crippen LogP contribution in [0.15, 0.2) is 18.5 Å². The van der Waals surface area contributed by atoms with E-state index in [0.717, 1.165) is 0 Å². The van der Waals surface area contributed by atoms with Crippen LogP contribution in [0.25, 0.3) is 11.0 Å². The molecule has 3 rings (SSSR count). The summed E-state index contributed by atoms with van der Waals surface area (Å²) in [7, 11) is 0. The van der Waals surface area contributed by atoms with Gasteiger partial charge in [0.25, 0.3) is 5.91 Å². The van der Waals surface area contributed by atoms with Gasteiger partial charge in [0.1, 0.15) is 12.2 Å². The minimum atomic E-state index is -4.47. The highest BCUT2D eigenvalue weighted by atomic mass is 19.4. The Hall–Kier alpha value is -2.98. The number of likely N-dealkylation sites (tertiary alicyclic amines) is 1. The summed E-state index contributed by atoms with van der Waals surface area (Å²) < 4.78 is 37.0. The maximum absolute atomic E-state index is 12.3. The number of pyridine rings is 1. The fourth-order valence-electron chi connectivity index (χ4n) is 3.44. The van der Waals surface area contributed by atoms with E-state index in [1.165, 1.54) is 11.1 Å². The van der Waals surface area contributed by atoms with Crippen LogP contribution in [0.4, 0.5) is 23.7 Å². The van der Waals surface area contributed by atoms with Gasteiger partial charge in [-0.2, -0.15) is 13.2 Å². The molecule has 1 unspecified atom stereocenters. The minimum absolute atomic E-state index is 0.000444. The lowest BCUT2D eigenvalue weighted by Crippen LogP contribution is -2.43. The molecule has 0 bridgehead atoms. The molecule has 28 heavy (non-hydrogen) atoms. The van der Waals surface area contributed by atoms with Gasteiger partial charge in [-0.1, -0.05) is 6.92 Å². The van der Waals surface area contributed by atoms with Crippen molar-refractivity contribution in [3.63, 3.8) is 0 Å². The molecule has 3 heterocycles. The Morgan fingerprint density at radius 1 is 1.39 bits per heavy atom. The van der Waals surface area contributed by atoms with E-state index in [1.54, 1.807) is 12.3 Å². The molecule has 1 aliphatic heterocycles. The number of hydrogen-bond donors (Lipinski definition) is 4. The molecule has 152 valence electrons. The number of anilines is 1. The Labute approximate surface area is 158 Å². The molecule has 1 saturated heterocycles. The Morgan fingerprint density at radius 2 is 2.14 bits per heavy atom. The number of carbonyl (C=O) groups excluding carboxylic acids is 2. The summed E-state index contributed by atoms with van der Waals surface area (Å²) in [5.74, 6) is -0.650. The van der Waals surface area contributed by atoms with Crippen LogP contribution in [-0.2, 0) is 0 Å². The first-order valence-electron chi connectivity index (χ1n) is 8.81. The third kappa shape index (κ3) is 4.12. The predicted octanol–water partition coefficient (Wildman–Crippen LogP) is 2.06. The molecule has 8 nitrogen and oxygen atoms in total. The van der Waals surface area contributed by atoms with Gasteiger partial charge in [-0.15, -0.1) is 0 Å². The molecular formula is C17H21F3N6O2. The molecule has 5 N–H and O–H groups in total. The molecule has 2 aromatic rings. The summed E-state index contributed by atoms with van der Waals surface area (Å²) in [6, 6.07) is 0.734. The maximum Gasteiger partial charge on any atom is 0.405 e. The number of nitrogens with two attached hydrogens (primary N) is 1. The quantitative estimate of drug-likeness (QED) is 0.617. The zero-order chi connectivity index (χ0) is 20.5. The number of urea groups is 1. The molecule has 11 heteroatoms. The second kappa shape index (κ2) is 7.56. The van der Waals surface area contributed by atoms with E-state index >= 15 is 0 Å². The van der Waals surface area contributed by atoms with E-state index < -0.39 is 24.7 Å². The average Bonchev–Trinajstić information content (AvgIpc) is 3.25. The highest BCUT2D eigenvalue weighted by Crippen LogP contribution is 2.30. The number of rotatable bonds is 5. The molecule has 1 aliphatic rings. The van der Waals surface area contributed by atoms with Gasteiger partial charge >= 0.3 is 12.2 Å². The average molecular weight is 398 g/mol. The van der Waals surface area contributed by atoms with E-state index in [2.05, 4.69) is 15.3 Å². The molecule has 2 aromatic heterocycles. The molecule has 1 fully saturated rings. The number of H-pyrrole nitrogens is 1. The summed E-state index contributed by atoms with van der Waals surface area (Å²) in [5.41, 5.74) is 6.74. The largest absolute Gasteiger partial charge is 0.405 e. The molecular weight excluding hydrogens is 377 g/mol. The van der Waals surface area contributed by atoms with E-state index in [4.69, 9.17) is 5.73 Å². The molecule has 0 saturated carbocycles. The normalized spacial score (nSPS) is 19.8. The molecule has 0 radical (unpaired) electrons. The van der Waals surface area contributed by atoms with Gasteiger partial charge in [0.15, 0.2) is 0 Å². The number of carbonyl (C=O) groups is 2. The van der Waals surface area contributed by atoms with Gasteiger partial charge in [0.2, 0.25) is 0 Å². The van der Waals surface area contributed by atoms with Crippen LogP contribution in [0.2, 0.25) is 0 Å². The Morgan fingerprint density at radius 3 is 2.79 bits per heavy atom. The van der Waals surface area contributed by atoms with Crippen molar-refractivity contribution >= 4 is 28.7 Å². The monoisotopic (exact) mass is 398 g/mol. The van der Waals surface area contributed by atoms with Gasteiger partial charge < -0.3 is 26.3 Å². The molecule has 0 spiro atoms. The van der Waals surface area contributed by atoms with Gasteiger partial charge in [-0.25, -0.2) is 9.78 Å². The summed E-state index contributed by atoms with van der Waals surface area (Å²) in [6.07, 6.45) is -0.720. The number of hydrogen-bond acceptors (Lipinski definition) is 4. The van der Waals surface area contributed by atoms with Crippen LogP contribution < -0.4 is 16.4 Å². The van der Waals surface area contributed by atoms with Crippen molar-refractivity contribution in [1.82, 2.24) is 20.2 Å². The van der Waals surface area contributed by atoms with Crippen molar-refractivity contribution in [3.05, 3.63) is 24.0 Å². The van der Waals surface area contributed by atoms with Gasteiger partial charge in [0.05, 0.1) is 11.3 Å². The van der Waals surface area contributed by atoms with E-state index in [9.17, 15) is 22.8 Å². The second-order valence-electron chi connectivity index (χ2n) is 6.75. The van der Waals surface area contributed by atoms with Crippen LogP contribution in [-0.4, -0.2) is 58.7 Å². The van der Waals surface area contributed by atoms with Crippen molar-refractivity contribution in [2.45, 2.75) is 25.6 Å². The molecule has 2 atom stereocenters. The van der Waals surface area contributed by atoms with Crippen LogP contribution in [0.1, 0.15) is 23.7 Å². The molecule has 3 amide bonds. The van der Waals surface area contributed by atoms with E-state index in [0.29, 0.717) is 29.7 Å². The zero-order valence-electron chi connectivity index (χ0n) is 15.1. The lowest BCUT2D eigenvalue weighted by molar-refractivity contribution is -0.123. The highest BCUT2D eigenvalue weighted by Gasteiger charge is 2.36. The minimum Gasteiger partial charge on any atom is -0.379 e. The Balaban J connectivity index is 1.80. The number of nitrogens with one attached hydrogen (secondary N) is 3. The van der Waals surface area contributed by atoms with Crippen molar-refractivity contribution in [2.24, 2.45) is 11.7 Å². The standard InChI is InChI=1S/C17H21F3N6O2/c1-2-9-6-26(16(28)24-8-17(18,19)20)7-12(9)25-13-10-3-4-22-15(10)23-5-11(13)14(21)27/h3-5,9,12H,2,6-8H2,1H3,(H2,21,27)(H,24,28)(H2,22,23,25)/t9?,12-/m0/s1. The molecule has 0 aliphatic carbocycles. The number of alkyl halides is 3. The summed E-state index contributed by atoms with van der Waals surface area (Å²) >= 11 is 0. The number of aromatic amines is 1. The predicted molar refractivity (Wildman–Crippen MR) is 96.8 cm³/mol. The zero-order valence-corrected chi connectivity index (χ0v) is 15.1. The van der Waals surface area contributed by atoms with Crippen molar-refractivity contribution in [2.75, 3.05) is 25.0 Å². The second-order valence-corrected chi connectivity index (χ2v) is 6.75. The van der Waals surface area contributed by atoms with Crippen LogP contribution >= 0.6 is 0 Å². The summed E-state index contributed by atoms with van der Waals surface area (Å²) in [4.78, 5) is 32.4. The lowest BCUT2D eigenvalue weighted by Gasteiger charge is -2.21. The SMILES string of the molecule is CCC1CN(C(=O)NCC(F)(F)F)C[C@@H]1Nc1c(C(N)=O)cnc2[nH]ccc12. The van der Waals surface area contributed by atoms with Crippen molar-refractivity contribution in [3.8, 4) is 0 Å². The third-order valence-electron chi connectivity index (χ3n) is 4.87. The van der Waals surface area contributed by atoms with E-state index in [-0.39, 0.29) is 24.1 Å². The maximum atomic E-state index is 12.3. The highest BCUT2D eigenvalue weighted by molar-refractivity contribution is 6.06. The first-order chi connectivity index (χ1) is 13.2. The smallest absolute Gasteiger partial charge is 0.379 e. The fraction of sp³-hybridized carbons (Fsp3) is 0.471. The van der Waals surface area contributed by atoms with Gasteiger partial charge in [0, 0.05) is 36.9 Å². The van der Waals surface area contributed by atoms with Crippen molar-refractivity contribution < 1.29 is 22.8 Å². The van der Waals surface area contributed by atoms with Crippen LogP contribution in [0.3, 0.4) is 0 Å². The Kier molecular flexibility index (Phi) is 5.34.